The Morgan fingerprint density at radius 3 is 1.21 bits per heavy atom. The van der Waals surface area contributed by atoms with Gasteiger partial charge in [-0.05, 0) is 123 Å². The van der Waals surface area contributed by atoms with Gasteiger partial charge in [0.25, 0.3) is 0 Å². The molecule has 0 unspecified atom stereocenters. The van der Waals surface area contributed by atoms with Crippen LogP contribution in [0.15, 0.2) is 146 Å². The van der Waals surface area contributed by atoms with Crippen molar-refractivity contribution in [3.63, 3.8) is 0 Å². The molecule has 0 saturated heterocycles. The van der Waals surface area contributed by atoms with Gasteiger partial charge in [-0.15, -0.1) is 0 Å². The molecular formula is C45H24F2. The molecule has 2 aliphatic carbocycles. The molecule has 0 aliphatic heterocycles. The van der Waals surface area contributed by atoms with Crippen LogP contribution in [0.5, 0.6) is 0 Å². The number of halogens is 2. The third-order valence-corrected chi connectivity index (χ3v) is 11.0. The van der Waals surface area contributed by atoms with Crippen molar-refractivity contribution in [2.24, 2.45) is 0 Å². The highest BCUT2D eigenvalue weighted by atomic mass is 19.2. The van der Waals surface area contributed by atoms with Gasteiger partial charge in [-0.25, -0.2) is 8.78 Å². The van der Waals surface area contributed by atoms with Crippen LogP contribution in [0, 0.1) is 11.6 Å². The van der Waals surface area contributed by atoms with Crippen LogP contribution in [-0.2, 0) is 5.41 Å². The molecule has 47 heavy (non-hydrogen) atoms. The normalized spacial score (nSPS) is 13.9. The number of hydrogen-bond donors (Lipinski definition) is 0. The molecule has 0 amide bonds. The summed E-state index contributed by atoms with van der Waals surface area (Å²) in [6.07, 6.45) is 0. The molecule has 0 saturated carbocycles. The van der Waals surface area contributed by atoms with Crippen molar-refractivity contribution in [2.75, 3.05) is 0 Å². The molecule has 1 spiro atoms. The summed E-state index contributed by atoms with van der Waals surface area (Å²) in [6.45, 7) is 0. The van der Waals surface area contributed by atoms with Crippen molar-refractivity contribution in [2.45, 2.75) is 5.41 Å². The first-order valence-electron chi connectivity index (χ1n) is 16.1. The monoisotopic (exact) mass is 602 g/mol. The predicted octanol–water partition coefficient (Wildman–Crippen LogP) is 12.1. The lowest BCUT2D eigenvalue weighted by Gasteiger charge is -2.30. The van der Waals surface area contributed by atoms with E-state index in [0.717, 1.165) is 53.9 Å². The second-order valence-corrected chi connectivity index (χ2v) is 13.0. The number of hydrogen-bond acceptors (Lipinski definition) is 0. The summed E-state index contributed by atoms with van der Waals surface area (Å²) in [5.74, 6) is -1.67. The number of benzene rings is 9. The molecule has 2 aliphatic rings. The molecule has 0 atom stereocenters. The number of rotatable bonds is 0. The van der Waals surface area contributed by atoms with Gasteiger partial charge in [-0.1, -0.05) is 121 Å². The van der Waals surface area contributed by atoms with Gasteiger partial charge >= 0.3 is 0 Å². The van der Waals surface area contributed by atoms with Crippen LogP contribution < -0.4 is 0 Å². The molecule has 9 aromatic carbocycles. The van der Waals surface area contributed by atoms with E-state index in [1.807, 2.05) is 12.1 Å². The smallest absolute Gasteiger partial charge is 0.159 e. The van der Waals surface area contributed by atoms with E-state index in [0.29, 0.717) is 0 Å². The summed E-state index contributed by atoms with van der Waals surface area (Å²) in [7, 11) is 0. The standard InChI is InChI=1S/C45H24F2/c46-41-23-33-32-22-40-34(29-15-7-10-20-39(29)45(40)37-18-8-5-13-27(37)28-14-6-9-19-38(28)45)21-35(32)43-30-16-3-1-11-25(30)26-12-2-4-17-31(26)44(43)36(33)24-42(41)47/h1-24H. The predicted molar refractivity (Wildman–Crippen MR) is 190 cm³/mol. The molecule has 9 aromatic rings. The van der Waals surface area contributed by atoms with Crippen molar-refractivity contribution in [1.82, 2.24) is 0 Å². The van der Waals surface area contributed by atoms with E-state index in [4.69, 9.17) is 0 Å². The Labute approximate surface area is 269 Å². The van der Waals surface area contributed by atoms with Gasteiger partial charge in [0, 0.05) is 0 Å². The zero-order chi connectivity index (χ0) is 31.0. The van der Waals surface area contributed by atoms with Gasteiger partial charge in [-0.2, -0.15) is 0 Å². The van der Waals surface area contributed by atoms with E-state index in [-0.39, 0.29) is 0 Å². The van der Waals surface area contributed by atoms with E-state index in [1.54, 1.807) is 0 Å². The topological polar surface area (TPSA) is 0 Å². The molecular weight excluding hydrogens is 578 g/mol. The van der Waals surface area contributed by atoms with Crippen molar-refractivity contribution >= 4 is 53.9 Å². The highest BCUT2D eigenvalue weighted by Crippen LogP contribution is 2.63. The Kier molecular flexibility index (Phi) is 4.68. The SMILES string of the molecule is Fc1cc2c3cc4c(cc3c3c5ccccc5c5ccccc5c3c2cc1F)-c1ccccc1C41c2ccccc2-c2ccccc21. The van der Waals surface area contributed by atoms with E-state index >= 15 is 8.78 Å². The molecule has 11 rings (SSSR count). The fourth-order valence-corrected chi connectivity index (χ4v) is 9.25. The van der Waals surface area contributed by atoms with Gasteiger partial charge in [0.2, 0.25) is 0 Å². The summed E-state index contributed by atoms with van der Waals surface area (Å²) >= 11 is 0. The molecule has 0 N–H and O–H groups in total. The minimum atomic E-state index is -0.835. The van der Waals surface area contributed by atoms with E-state index < -0.39 is 17.0 Å². The Hall–Kier alpha value is -5.86. The highest BCUT2D eigenvalue weighted by Gasteiger charge is 2.51. The number of fused-ring (bicyclic) bond motifs is 21. The molecule has 0 bridgehead atoms. The summed E-state index contributed by atoms with van der Waals surface area (Å²) < 4.78 is 30.6. The summed E-state index contributed by atoms with van der Waals surface area (Å²) in [5, 5.41) is 9.85. The average Bonchev–Trinajstić information content (AvgIpc) is 3.58. The zero-order valence-corrected chi connectivity index (χ0v) is 25.1. The maximum Gasteiger partial charge on any atom is 0.159 e. The summed E-state index contributed by atoms with van der Waals surface area (Å²) in [5.41, 5.74) is 9.27. The van der Waals surface area contributed by atoms with Crippen molar-refractivity contribution < 1.29 is 8.78 Å². The maximum absolute atomic E-state index is 15.3. The van der Waals surface area contributed by atoms with Crippen LogP contribution in [-0.4, -0.2) is 0 Å². The first-order valence-corrected chi connectivity index (χ1v) is 16.1. The van der Waals surface area contributed by atoms with Gasteiger partial charge < -0.3 is 0 Å². The second-order valence-electron chi connectivity index (χ2n) is 13.0. The lowest BCUT2D eigenvalue weighted by atomic mass is 9.70. The van der Waals surface area contributed by atoms with Crippen LogP contribution >= 0.6 is 0 Å². The second kappa shape index (κ2) is 8.69. The quantitative estimate of drug-likeness (QED) is 0.152. The highest BCUT2D eigenvalue weighted by molar-refractivity contribution is 6.39. The van der Waals surface area contributed by atoms with Crippen molar-refractivity contribution in [1.29, 1.82) is 0 Å². The third kappa shape index (κ3) is 2.93. The molecule has 0 fully saturated rings. The Morgan fingerprint density at radius 2 is 0.681 bits per heavy atom. The van der Waals surface area contributed by atoms with Gasteiger partial charge in [-0.3, -0.25) is 0 Å². The minimum absolute atomic E-state index is 0.529. The lowest BCUT2D eigenvalue weighted by molar-refractivity contribution is 0.511. The summed E-state index contributed by atoms with van der Waals surface area (Å²) in [4.78, 5) is 0. The molecule has 0 radical (unpaired) electrons. The molecule has 0 nitrogen and oxygen atoms in total. The van der Waals surface area contributed by atoms with Crippen LogP contribution in [0.4, 0.5) is 8.78 Å². The maximum atomic E-state index is 15.3. The first-order chi connectivity index (χ1) is 23.2. The molecule has 0 aromatic heterocycles. The molecule has 0 heterocycles. The van der Waals surface area contributed by atoms with Crippen LogP contribution in [0.25, 0.3) is 76.1 Å². The molecule has 2 heteroatoms. The van der Waals surface area contributed by atoms with Crippen molar-refractivity contribution in [3.8, 4) is 22.3 Å². The van der Waals surface area contributed by atoms with Crippen LogP contribution in [0.1, 0.15) is 22.3 Å². The lowest BCUT2D eigenvalue weighted by Crippen LogP contribution is -2.25. The van der Waals surface area contributed by atoms with Gasteiger partial charge in [0.15, 0.2) is 11.6 Å². The largest absolute Gasteiger partial charge is 0.204 e. The van der Waals surface area contributed by atoms with Crippen molar-refractivity contribution in [3.05, 3.63) is 179 Å². The van der Waals surface area contributed by atoms with E-state index in [1.165, 1.54) is 56.6 Å². The van der Waals surface area contributed by atoms with Gasteiger partial charge in [0.1, 0.15) is 0 Å². The fourth-order valence-electron chi connectivity index (χ4n) is 9.25. The Balaban J connectivity index is 1.43. The molecule has 218 valence electrons. The first kappa shape index (κ1) is 25.3. The van der Waals surface area contributed by atoms with E-state index in [2.05, 4.69) is 121 Å². The Morgan fingerprint density at radius 1 is 0.298 bits per heavy atom. The summed E-state index contributed by atoms with van der Waals surface area (Å²) in [6, 6.07) is 50.5. The van der Waals surface area contributed by atoms with Crippen LogP contribution in [0.2, 0.25) is 0 Å². The third-order valence-electron chi connectivity index (χ3n) is 11.0. The average molecular weight is 603 g/mol. The minimum Gasteiger partial charge on any atom is -0.204 e. The Bertz CT molecular complexity index is 2830. The zero-order valence-electron chi connectivity index (χ0n) is 25.1. The van der Waals surface area contributed by atoms with Crippen LogP contribution in [0.3, 0.4) is 0 Å². The fraction of sp³-hybridized carbons (Fsp3) is 0.0222. The van der Waals surface area contributed by atoms with E-state index in [9.17, 15) is 0 Å². The van der Waals surface area contributed by atoms with Gasteiger partial charge in [0.05, 0.1) is 5.41 Å².